The molecular formula is C18H28FIN4O. The fourth-order valence-corrected chi connectivity index (χ4v) is 3.18. The molecule has 2 aliphatic rings. The van der Waals surface area contributed by atoms with Gasteiger partial charge in [0.1, 0.15) is 5.82 Å². The summed E-state index contributed by atoms with van der Waals surface area (Å²) in [5, 5.41) is 0. The van der Waals surface area contributed by atoms with E-state index in [1.807, 2.05) is 12.1 Å². The average molecular weight is 462 g/mol. The van der Waals surface area contributed by atoms with E-state index in [9.17, 15) is 4.39 Å². The number of methoxy groups -OCH3 is 1. The van der Waals surface area contributed by atoms with Crippen LogP contribution in [0, 0.1) is 11.2 Å². The second kappa shape index (κ2) is 9.02. The Morgan fingerprint density at radius 3 is 2.40 bits per heavy atom. The number of anilines is 1. The maximum absolute atomic E-state index is 13.0. The van der Waals surface area contributed by atoms with Crippen LogP contribution in [0.4, 0.5) is 10.1 Å². The zero-order chi connectivity index (χ0) is 17.0. The van der Waals surface area contributed by atoms with Crippen molar-refractivity contribution in [2.24, 2.45) is 16.1 Å². The number of hydrogen-bond acceptors (Lipinski definition) is 3. The molecular weight excluding hydrogens is 434 g/mol. The molecule has 1 aliphatic heterocycles. The lowest BCUT2D eigenvalue weighted by molar-refractivity contribution is 0.174. The number of nitrogens with two attached hydrogens (primary N) is 1. The van der Waals surface area contributed by atoms with Crippen molar-refractivity contribution >= 4 is 35.6 Å². The predicted octanol–water partition coefficient (Wildman–Crippen LogP) is 2.70. The van der Waals surface area contributed by atoms with Crippen molar-refractivity contribution in [3.05, 3.63) is 30.1 Å². The number of piperazine rings is 1. The van der Waals surface area contributed by atoms with Gasteiger partial charge in [0.2, 0.25) is 0 Å². The number of ether oxygens (including phenoxy) is 1. The second-order valence-corrected chi connectivity index (χ2v) is 6.87. The van der Waals surface area contributed by atoms with E-state index in [1.54, 1.807) is 7.11 Å². The third-order valence-corrected chi connectivity index (χ3v) is 5.17. The monoisotopic (exact) mass is 462 g/mol. The van der Waals surface area contributed by atoms with Crippen LogP contribution in [-0.4, -0.2) is 57.3 Å². The van der Waals surface area contributed by atoms with E-state index in [1.165, 1.54) is 25.0 Å². The molecule has 1 heterocycles. The second-order valence-electron chi connectivity index (χ2n) is 6.87. The number of halogens is 2. The van der Waals surface area contributed by atoms with E-state index in [2.05, 4.69) is 14.8 Å². The van der Waals surface area contributed by atoms with Crippen LogP contribution >= 0.6 is 24.0 Å². The molecule has 140 valence electrons. The molecule has 2 fully saturated rings. The molecule has 0 bridgehead atoms. The van der Waals surface area contributed by atoms with Crippen molar-refractivity contribution in [1.82, 2.24) is 4.90 Å². The van der Waals surface area contributed by atoms with Crippen molar-refractivity contribution in [1.29, 1.82) is 0 Å². The zero-order valence-electron chi connectivity index (χ0n) is 14.8. The highest BCUT2D eigenvalue weighted by Crippen LogP contribution is 2.48. The van der Waals surface area contributed by atoms with Crippen LogP contribution in [-0.2, 0) is 4.74 Å². The van der Waals surface area contributed by atoms with Gasteiger partial charge in [-0.2, -0.15) is 0 Å². The third kappa shape index (κ3) is 5.44. The summed E-state index contributed by atoms with van der Waals surface area (Å²) < 4.78 is 18.2. The molecule has 1 aliphatic carbocycles. The zero-order valence-corrected chi connectivity index (χ0v) is 17.1. The average Bonchev–Trinajstić information content (AvgIpc) is 3.39. The highest BCUT2D eigenvalue weighted by molar-refractivity contribution is 14.0. The Balaban J connectivity index is 0.00000225. The van der Waals surface area contributed by atoms with Crippen LogP contribution < -0.4 is 10.6 Å². The molecule has 1 saturated heterocycles. The van der Waals surface area contributed by atoms with Crippen LogP contribution in [0.3, 0.4) is 0 Å². The minimum Gasteiger partial charge on any atom is -0.385 e. The van der Waals surface area contributed by atoms with E-state index in [0.717, 1.165) is 51.4 Å². The standard InChI is InChI=1S/C18H27FN4O.HI/c1-24-13-8-18(6-7-18)14-21-17(20)23-11-9-22(10-12-23)16-4-2-15(19)3-5-16;/h2-5H,6-14H2,1H3,(H2,20,21);1H. The van der Waals surface area contributed by atoms with Gasteiger partial charge < -0.3 is 20.3 Å². The Labute approximate surface area is 166 Å². The Kier molecular flexibility index (Phi) is 7.30. The minimum absolute atomic E-state index is 0. The fraction of sp³-hybridized carbons (Fsp3) is 0.611. The molecule has 1 saturated carbocycles. The predicted molar refractivity (Wildman–Crippen MR) is 110 cm³/mol. The van der Waals surface area contributed by atoms with Gasteiger partial charge in [0.25, 0.3) is 0 Å². The van der Waals surface area contributed by atoms with Gasteiger partial charge >= 0.3 is 0 Å². The fourth-order valence-electron chi connectivity index (χ4n) is 3.18. The first-order valence-corrected chi connectivity index (χ1v) is 8.66. The van der Waals surface area contributed by atoms with Gasteiger partial charge in [-0.25, -0.2) is 4.39 Å². The SMILES string of the molecule is COCCC1(CN=C(N)N2CCN(c3ccc(F)cc3)CC2)CC1.I. The Morgan fingerprint density at radius 2 is 1.84 bits per heavy atom. The van der Waals surface area contributed by atoms with Gasteiger partial charge in [-0.3, -0.25) is 4.99 Å². The van der Waals surface area contributed by atoms with Crippen LogP contribution in [0.2, 0.25) is 0 Å². The Morgan fingerprint density at radius 1 is 1.20 bits per heavy atom. The van der Waals surface area contributed by atoms with Gasteiger partial charge in [0, 0.05) is 52.1 Å². The molecule has 25 heavy (non-hydrogen) atoms. The number of nitrogens with zero attached hydrogens (tertiary/aromatic N) is 3. The quantitative estimate of drug-likeness (QED) is 0.402. The first-order valence-electron chi connectivity index (χ1n) is 8.66. The van der Waals surface area contributed by atoms with Crippen molar-refractivity contribution in [3.8, 4) is 0 Å². The summed E-state index contributed by atoms with van der Waals surface area (Å²) in [4.78, 5) is 9.04. The summed E-state index contributed by atoms with van der Waals surface area (Å²) in [7, 11) is 1.74. The highest BCUT2D eigenvalue weighted by Gasteiger charge is 2.41. The largest absolute Gasteiger partial charge is 0.385 e. The summed E-state index contributed by atoms with van der Waals surface area (Å²) in [5.74, 6) is 0.452. The summed E-state index contributed by atoms with van der Waals surface area (Å²) in [5.41, 5.74) is 7.58. The number of hydrogen-bond donors (Lipinski definition) is 1. The molecule has 1 aromatic rings. The van der Waals surface area contributed by atoms with Crippen LogP contribution in [0.5, 0.6) is 0 Å². The van der Waals surface area contributed by atoms with Crippen LogP contribution in [0.25, 0.3) is 0 Å². The number of aliphatic imine (C=N–C) groups is 1. The lowest BCUT2D eigenvalue weighted by Crippen LogP contribution is -2.51. The maximum Gasteiger partial charge on any atom is 0.191 e. The van der Waals surface area contributed by atoms with Crippen molar-refractivity contribution in [2.45, 2.75) is 19.3 Å². The lowest BCUT2D eigenvalue weighted by atomic mass is 10.0. The summed E-state index contributed by atoms with van der Waals surface area (Å²) in [6.07, 6.45) is 3.52. The Bertz CT molecular complexity index is 569. The number of benzene rings is 1. The molecule has 7 heteroatoms. The topological polar surface area (TPSA) is 54.1 Å². The summed E-state index contributed by atoms with van der Waals surface area (Å²) in [6, 6.07) is 6.67. The van der Waals surface area contributed by atoms with Gasteiger partial charge in [0.05, 0.1) is 0 Å². The van der Waals surface area contributed by atoms with Gasteiger partial charge in [-0.15, -0.1) is 24.0 Å². The number of guanidine groups is 1. The molecule has 0 atom stereocenters. The van der Waals surface area contributed by atoms with Gasteiger partial charge in [-0.05, 0) is 48.9 Å². The molecule has 0 aromatic heterocycles. The summed E-state index contributed by atoms with van der Waals surface area (Å²) in [6.45, 7) is 5.04. The van der Waals surface area contributed by atoms with E-state index >= 15 is 0 Å². The third-order valence-electron chi connectivity index (χ3n) is 5.17. The highest BCUT2D eigenvalue weighted by atomic mass is 127. The molecule has 0 radical (unpaired) electrons. The van der Waals surface area contributed by atoms with Crippen molar-refractivity contribution < 1.29 is 9.13 Å². The molecule has 0 unspecified atom stereocenters. The molecule has 3 rings (SSSR count). The minimum atomic E-state index is -0.198. The molecule has 1 aromatic carbocycles. The van der Waals surface area contributed by atoms with Crippen molar-refractivity contribution in [2.75, 3.05) is 51.3 Å². The normalized spacial score (nSPS) is 19.5. The Hall–Kier alpha value is -1.09. The van der Waals surface area contributed by atoms with Crippen LogP contribution in [0.1, 0.15) is 19.3 Å². The van der Waals surface area contributed by atoms with E-state index in [0.29, 0.717) is 11.4 Å². The van der Waals surface area contributed by atoms with E-state index in [4.69, 9.17) is 10.5 Å². The smallest absolute Gasteiger partial charge is 0.191 e. The molecule has 2 N–H and O–H groups in total. The van der Waals surface area contributed by atoms with E-state index < -0.39 is 0 Å². The number of rotatable bonds is 6. The van der Waals surface area contributed by atoms with Crippen LogP contribution in [0.15, 0.2) is 29.3 Å². The van der Waals surface area contributed by atoms with Gasteiger partial charge in [0.15, 0.2) is 5.96 Å². The maximum atomic E-state index is 13.0. The lowest BCUT2D eigenvalue weighted by Gasteiger charge is -2.36. The van der Waals surface area contributed by atoms with Gasteiger partial charge in [-0.1, -0.05) is 0 Å². The van der Waals surface area contributed by atoms with Crippen molar-refractivity contribution in [3.63, 3.8) is 0 Å². The summed E-state index contributed by atoms with van der Waals surface area (Å²) >= 11 is 0. The molecule has 0 amide bonds. The van der Waals surface area contributed by atoms with E-state index in [-0.39, 0.29) is 29.8 Å². The first-order chi connectivity index (χ1) is 11.6. The molecule has 0 spiro atoms. The first kappa shape index (κ1) is 20.2. The molecule has 5 nitrogen and oxygen atoms in total.